The highest BCUT2D eigenvalue weighted by molar-refractivity contribution is 7.10. The van der Waals surface area contributed by atoms with E-state index in [4.69, 9.17) is 0 Å². The number of hydrogen-bond donors (Lipinski definition) is 1. The standard InChI is InChI=1S/C11H12N2O2S/c14-10-6-13(11(15)12-10)8-2-1-3-9-7(8)4-5-16-9/h4-5,8H,1-3,6H2,(H,12,14,15). The lowest BCUT2D eigenvalue weighted by Crippen LogP contribution is -2.33. The van der Waals surface area contributed by atoms with Crippen LogP contribution in [0, 0.1) is 0 Å². The number of amides is 3. The van der Waals surface area contributed by atoms with Crippen LogP contribution < -0.4 is 5.32 Å². The summed E-state index contributed by atoms with van der Waals surface area (Å²) in [6.45, 7) is 0.207. The number of hydrogen-bond acceptors (Lipinski definition) is 3. The molecule has 1 aliphatic heterocycles. The summed E-state index contributed by atoms with van der Waals surface area (Å²) in [5, 5.41) is 4.41. The fourth-order valence-corrected chi connectivity index (χ4v) is 3.48. The SMILES string of the molecule is O=C1CN(C2CCCc3sccc32)C(=O)N1. The minimum atomic E-state index is -0.242. The van der Waals surface area contributed by atoms with Crippen molar-refractivity contribution in [3.05, 3.63) is 21.9 Å². The van der Waals surface area contributed by atoms with Crippen molar-refractivity contribution in [2.45, 2.75) is 25.3 Å². The summed E-state index contributed by atoms with van der Waals surface area (Å²) in [5.74, 6) is -0.188. The van der Waals surface area contributed by atoms with Crippen molar-refractivity contribution in [2.24, 2.45) is 0 Å². The minimum Gasteiger partial charge on any atom is -0.308 e. The van der Waals surface area contributed by atoms with Crippen molar-refractivity contribution in [1.29, 1.82) is 0 Å². The predicted octanol–water partition coefficient (Wildman–Crippen LogP) is 1.68. The Morgan fingerprint density at radius 2 is 2.31 bits per heavy atom. The molecule has 1 aromatic rings. The van der Waals surface area contributed by atoms with E-state index in [0.29, 0.717) is 0 Å². The molecule has 0 aromatic carbocycles. The quantitative estimate of drug-likeness (QED) is 0.754. The first-order valence-corrected chi connectivity index (χ1v) is 6.30. The zero-order valence-corrected chi connectivity index (χ0v) is 9.55. The van der Waals surface area contributed by atoms with Gasteiger partial charge in [0, 0.05) is 4.88 Å². The molecule has 5 heteroatoms. The molecule has 84 valence electrons. The molecule has 1 N–H and O–H groups in total. The molecule has 0 spiro atoms. The lowest BCUT2D eigenvalue weighted by atomic mass is 9.93. The van der Waals surface area contributed by atoms with Gasteiger partial charge in [0.15, 0.2) is 0 Å². The molecule has 16 heavy (non-hydrogen) atoms. The maximum Gasteiger partial charge on any atom is 0.325 e. The second-order valence-electron chi connectivity index (χ2n) is 4.19. The van der Waals surface area contributed by atoms with Crippen LogP contribution in [0.25, 0.3) is 0 Å². The molecule has 1 atom stereocenters. The molecule has 1 unspecified atom stereocenters. The van der Waals surface area contributed by atoms with Crippen molar-refractivity contribution in [3.8, 4) is 0 Å². The molecule has 1 aromatic heterocycles. The Balaban J connectivity index is 1.92. The Hall–Kier alpha value is -1.36. The van der Waals surface area contributed by atoms with Gasteiger partial charge in [0.05, 0.1) is 6.04 Å². The number of urea groups is 1. The van der Waals surface area contributed by atoms with Crippen LogP contribution in [0.3, 0.4) is 0 Å². The van der Waals surface area contributed by atoms with Gasteiger partial charge in [-0.3, -0.25) is 10.1 Å². The van der Waals surface area contributed by atoms with Gasteiger partial charge in [-0.05, 0) is 36.3 Å². The van der Waals surface area contributed by atoms with Crippen LogP contribution in [-0.2, 0) is 11.2 Å². The molecular formula is C11H12N2O2S. The average molecular weight is 236 g/mol. The molecule has 2 aliphatic rings. The molecule has 0 radical (unpaired) electrons. The van der Waals surface area contributed by atoms with Crippen molar-refractivity contribution >= 4 is 23.3 Å². The van der Waals surface area contributed by atoms with Gasteiger partial charge in [-0.2, -0.15) is 0 Å². The van der Waals surface area contributed by atoms with Crippen LogP contribution in [0.15, 0.2) is 11.4 Å². The molecule has 2 heterocycles. The molecule has 0 saturated carbocycles. The minimum absolute atomic E-state index is 0.0986. The number of aryl methyl sites for hydroxylation is 1. The van der Waals surface area contributed by atoms with Crippen LogP contribution >= 0.6 is 11.3 Å². The van der Waals surface area contributed by atoms with Crippen molar-refractivity contribution in [3.63, 3.8) is 0 Å². The smallest absolute Gasteiger partial charge is 0.308 e. The van der Waals surface area contributed by atoms with Gasteiger partial charge >= 0.3 is 6.03 Å². The van der Waals surface area contributed by atoms with Gasteiger partial charge < -0.3 is 4.90 Å². The van der Waals surface area contributed by atoms with Gasteiger partial charge in [0.2, 0.25) is 5.91 Å². The molecule has 1 aliphatic carbocycles. The largest absolute Gasteiger partial charge is 0.325 e. The van der Waals surface area contributed by atoms with Gasteiger partial charge in [-0.15, -0.1) is 11.3 Å². The third-order valence-corrected chi connectivity index (χ3v) is 4.21. The van der Waals surface area contributed by atoms with Crippen molar-refractivity contribution in [2.75, 3.05) is 6.54 Å². The first kappa shape index (κ1) is 9.84. The summed E-state index contributed by atoms with van der Waals surface area (Å²) in [6, 6.07) is 1.94. The topological polar surface area (TPSA) is 49.4 Å². The lowest BCUT2D eigenvalue weighted by Gasteiger charge is -2.29. The first-order valence-electron chi connectivity index (χ1n) is 5.42. The number of thiophene rings is 1. The normalized spacial score (nSPS) is 24.5. The maximum absolute atomic E-state index is 11.6. The van der Waals surface area contributed by atoms with E-state index in [9.17, 15) is 9.59 Å². The monoisotopic (exact) mass is 236 g/mol. The van der Waals surface area contributed by atoms with Crippen LogP contribution in [-0.4, -0.2) is 23.4 Å². The van der Waals surface area contributed by atoms with E-state index in [1.54, 1.807) is 16.2 Å². The van der Waals surface area contributed by atoms with Gasteiger partial charge in [-0.25, -0.2) is 4.79 Å². The lowest BCUT2D eigenvalue weighted by molar-refractivity contribution is -0.118. The molecule has 3 rings (SSSR count). The van der Waals surface area contributed by atoms with Gasteiger partial charge in [-0.1, -0.05) is 0 Å². The second-order valence-corrected chi connectivity index (χ2v) is 5.19. The number of carbonyl (C=O) groups excluding carboxylic acids is 2. The van der Waals surface area contributed by atoms with E-state index in [1.807, 2.05) is 0 Å². The number of nitrogens with one attached hydrogen (secondary N) is 1. The van der Waals surface area contributed by atoms with E-state index in [0.717, 1.165) is 19.3 Å². The Morgan fingerprint density at radius 1 is 1.44 bits per heavy atom. The Labute approximate surface area is 97.2 Å². The number of imide groups is 1. The maximum atomic E-state index is 11.6. The zero-order chi connectivity index (χ0) is 11.1. The van der Waals surface area contributed by atoms with Gasteiger partial charge in [0.1, 0.15) is 6.54 Å². The van der Waals surface area contributed by atoms with E-state index < -0.39 is 0 Å². The summed E-state index contributed by atoms with van der Waals surface area (Å²) < 4.78 is 0. The Morgan fingerprint density at radius 3 is 3.06 bits per heavy atom. The molecule has 0 bridgehead atoms. The van der Waals surface area contributed by atoms with Crippen LogP contribution in [0.5, 0.6) is 0 Å². The highest BCUT2D eigenvalue weighted by atomic mass is 32.1. The summed E-state index contributed by atoms with van der Waals surface area (Å²) >= 11 is 1.75. The average Bonchev–Trinajstić information content (AvgIpc) is 2.84. The highest BCUT2D eigenvalue weighted by Crippen LogP contribution is 2.37. The first-order chi connectivity index (χ1) is 7.75. The second kappa shape index (κ2) is 3.59. The molecule has 1 saturated heterocycles. The number of fused-ring (bicyclic) bond motifs is 1. The summed E-state index contributed by atoms with van der Waals surface area (Å²) in [4.78, 5) is 25.8. The van der Waals surface area contributed by atoms with E-state index >= 15 is 0 Å². The molecule has 1 fully saturated rings. The summed E-state index contributed by atoms with van der Waals surface area (Å²) in [5.41, 5.74) is 1.24. The Kier molecular flexibility index (Phi) is 2.21. The predicted molar refractivity (Wildman–Crippen MR) is 60.2 cm³/mol. The highest BCUT2D eigenvalue weighted by Gasteiger charge is 2.35. The third kappa shape index (κ3) is 1.43. The van der Waals surface area contributed by atoms with Crippen LogP contribution in [0.1, 0.15) is 29.3 Å². The van der Waals surface area contributed by atoms with Crippen LogP contribution in [0.2, 0.25) is 0 Å². The van der Waals surface area contributed by atoms with E-state index in [-0.39, 0.29) is 24.5 Å². The number of nitrogens with zero attached hydrogens (tertiary/aromatic N) is 1. The summed E-state index contributed by atoms with van der Waals surface area (Å²) in [6.07, 6.45) is 3.16. The zero-order valence-electron chi connectivity index (χ0n) is 8.73. The number of rotatable bonds is 1. The van der Waals surface area contributed by atoms with E-state index in [2.05, 4.69) is 16.8 Å². The van der Waals surface area contributed by atoms with Crippen molar-refractivity contribution in [1.82, 2.24) is 10.2 Å². The fourth-order valence-electron chi connectivity index (χ4n) is 2.49. The summed E-state index contributed by atoms with van der Waals surface area (Å²) in [7, 11) is 0. The van der Waals surface area contributed by atoms with E-state index in [1.165, 1.54) is 10.4 Å². The fraction of sp³-hybridized carbons (Fsp3) is 0.455. The third-order valence-electron chi connectivity index (χ3n) is 3.22. The van der Waals surface area contributed by atoms with Gasteiger partial charge in [0.25, 0.3) is 0 Å². The van der Waals surface area contributed by atoms with Crippen molar-refractivity contribution < 1.29 is 9.59 Å². The molecule has 4 nitrogen and oxygen atoms in total. The molecule has 3 amide bonds. The number of carbonyl (C=O) groups is 2. The Bertz CT molecular complexity index is 455. The van der Waals surface area contributed by atoms with Crippen LogP contribution in [0.4, 0.5) is 4.79 Å². The molecular weight excluding hydrogens is 224 g/mol.